The van der Waals surface area contributed by atoms with E-state index in [2.05, 4.69) is 0 Å². The van der Waals surface area contributed by atoms with Crippen molar-refractivity contribution in [1.82, 2.24) is 0 Å². The van der Waals surface area contributed by atoms with E-state index in [1.807, 2.05) is 13.0 Å². The Morgan fingerprint density at radius 3 is 2.71 bits per heavy atom. The van der Waals surface area contributed by atoms with E-state index in [0.717, 1.165) is 12.0 Å². The smallest absolute Gasteiger partial charge is 0.123 e. The number of halogens is 1. The third-order valence-corrected chi connectivity index (χ3v) is 2.21. The molecule has 0 aliphatic heterocycles. The Hall–Kier alpha value is -0.930. The number of hydrogen-bond acceptors (Lipinski definition) is 2. The van der Waals surface area contributed by atoms with E-state index < -0.39 is 6.10 Å². The predicted molar refractivity (Wildman–Crippen MR) is 54.4 cm³/mol. The van der Waals surface area contributed by atoms with Crippen molar-refractivity contribution in [3.05, 3.63) is 35.1 Å². The Balaban J connectivity index is 2.90. The van der Waals surface area contributed by atoms with Crippen LogP contribution >= 0.6 is 0 Å². The fraction of sp³-hybridized carbons (Fsp3) is 0.455. The van der Waals surface area contributed by atoms with Crippen LogP contribution in [0.4, 0.5) is 4.39 Å². The number of aliphatic hydroxyl groups is 1. The molecule has 0 heterocycles. The topological polar surface area (TPSA) is 46.2 Å². The largest absolute Gasteiger partial charge is 0.388 e. The minimum atomic E-state index is -0.652. The Bertz CT molecular complexity index is 301. The maximum atomic E-state index is 13.1. The third-order valence-electron chi connectivity index (χ3n) is 2.21. The lowest BCUT2D eigenvalue weighted by Gasteiger charge is -2.11. The first kappa shape index (κ1) is 11.1. The second-order valence-electron chi connectivity index (χ2n) is 3.34. The molecule has 0 aliphatic rings. The molecule has 2 nitrogen and oxygen atoms in total. The molecule has 0 bridgehead atoms. The summed E-state index contributed by atoms with van der Waals surface area (Å²) in [6.07, 6.45) is 0.577. The number of hydrogen-bond donors (Lipinski definition) is 2. The fourth-order valence-electron chi connectivity index (χ4n) is 1.40. The van der Waals surface area contributed by atoms with Crippen LogP contribution in [-0.4, -0.2) is 11.7 Å². The maximum absolute atomic E-state index is 13.1. The Morgan fingerprint density at radius 2 is 2.14 bits per heavy atom. The molecule has 3 heteroatoms. The molecule has 0 saturated carbocycles. The van der Waals surface area contributed by atoms with Crippen molar-refractivity contribution in [3.63, 3.8) is 0 Å². The molecule has 1 aromatic rings. The van der Waals surface area contributed by atoms with Crippen LogP contribution in [0.5, 0.6) is 0 Å². The molecule has 1 rings (SSSR count). The average Bonchev–Trinajstić information content (AvgIpc) is 2.17. The van der Waals surface area contributed by atoms with Crippen molar-refractivity contribution < 1.29 is 9.50 Å². The maximum Gasteiger partial charge on any atom is 0.123 e. The quantitative estimate of drug-likeness (QED) is 0.772. The Labute approximate surface area is 83.6 Å². The summed E-state index contributed by atoms with van der Waals surface area (Å²) in [6, 6.07) is 4.67. The summed E-state index contributed by atoms with van der Waals surface area (Å²) in [5.74, 6) is -0.296. The van der Waals surface area contributed by atoms with Gasteiger partial charge in [0.2, 0.25) is 0 Å². The van der Waals surface area contributed by atoms with E-state index in [-0.39, 0.29) is 5.82 Å². The highest BCUT2D eigenvalue weighted by molar-refractivity contribution is 5.26. The van der Waals surface area contributed by atoms with Crippen LogP contribution in [0.25, 0.3) is 0 Å². The highest BCUT2D eigenvalue weighted by Gasteiger charge is 2.08. The SMILES string of the molecule is CCc1cc(F)cc(C(O)CCN)c1. The van der Waals surface area contributed by atoms with E-state index >= 15 is 0 Å². The molecule has 0 aliphatic carbocycles. The number of benzene rings is 1. The van der Waals surface area contributed by atoms with Crippen LogP contribution in [0.3, 0.4) is 0 Å². The van der Waals surface area contributed by atoms with Gasteiger partial charge in [-0.05, 0) is 42.6 Å². The molecule has 0 spiro atoms. The normalized spacial score (nSPS) is 12.9. The highest BCUT2D eigenvalue weighted by atomic mass is 19.1. The number of rotatable bonds is 4. The number of nitrogens with two attached hydrogens (primary N) is 1. The summed E-state index contributed by atoms with van der Waals surface area (Å²) in [5.41, 5.74) is 6.84. The zero-order chi connectivity index (χ0) is 10.6. The second kappa shape index (κ2) is 5.08. The first-order valence-corrected chi connectivity index (χ1v) is 4.85. The van der Waals surface area contributed by atoms with Crippen LogP contribution in [0.1, 0.15) is 30.6 Å². The first-order chi connectivity index (χ1) is 6.67. The minimum Gasteiger partial charge on any atom is -0.388 e. The monoisotopic (exact) mass is 197 g/mol. The van der Waals surface area contributed by atoms with Gasteiger partial charge in [0.05, 0.1) is 6.10 Å². The van der Waals surface area contributed by atoms with E-state index in [1.54, 1.807) is 0 Å². The molecular weight excluding hydrogens is 181 g/mol. The van der Waals surface area contributed by atoms with Gasteiger partial charge in [0, 0.05) is 0 Å². The van der Waals surface area contributed by atoms with Gasteiger partial charge in [0.1, 0.15) is 5.82 Å². The van der Waals surface area contributed by atoms with Crippen molar-refractivity contribution in [3.8, 4) is 0 Å². The van der Waals surface area contributed by atoms with Crippen molar-refractivity contribution >= 4 is 0 Å². The molecule has 0 fully saturated rings. The molecule has 14 heavy (non-hydrogen) atoms. The molecule has 0 saturated heterocycles. The van der Waals surface area contributed by atoms with Crippen LogP contribution in [0.15, 0.2) is 18.2 Å². The van der Waals surface area contributed by atoms with Gasteiger partial charge in [-0.2, -0.15) is 0 Å². The van der Waals surface area contributed by atoms with E-state index in [1.165, 1.54) is 12.1 Å². The standard InChI is InChI=1S/C11H16FNO/c1-2-8-5-9(7-10(12)6-8)11(14)3-4-13/h5-7,11,14H,2-4,13H2,1H3. The fourth-order valence-corrected chi connectivity index (χ4v) is 1.40. The summed E-state index contributed by atoms with van der Waals surface area (Å²) >= 11 is 0. The summed E-state index contributed by atoms with van der Waals surface area (Å²) in [7, 11) is 0. The molecule has 1 atom stereocenters. The van der Waals surface area contributed by atoms with Gasteiger partial charge in [-0.15, -0.1) is 0 Å². The van der Waals surface area contributed by atoms with Gasteiger partial charge in [-0.3, -0.25) is 0 Å². The van der Waals surface area contributed by atoms with Gasteiger partial charge in [-0.25, -0.2) is 4.39 Å². The van der Waals surface area contributed by atoms with Crippen LogP contribution in [-0.2, 0) is 6.42 Å². The van der Waals surface area contributed by atoms with Crippen molar-refractivity contribution in [2.45, 2.75) is 25.9 Å². The van der Waals surface area contributed by atoms with Crippen molar-refractivity contribution in [2.24, 2.45) is 5.73 Å². The summed E-state index contributed by atoms with van der Waals surface area (Å²) < 4.78 is 13.1. The number of aryl methyl sites for hydroxylation is 1. The first-order valence-electron chi connectivity index (χ1n) is 4.85. The van der Waals surface area contributed by atoms with Gasteiger partial charge in [-0.1, -0.05) is 13.0 Å². The molecule has 3 N–H and O–H groups in total. The van der Waals surface area contributed by atoms with Gasteiger partial charge < -0.3 is 10.8 Å². The van der Waals surface area contributed by atoms with Crippen LogP contribution in [0, 0.1) is 5.82 Å². The molecule has 78 valence electrons. The highest BCUT2D eigenvalue weighted by Crippen LogP contribution is 2.19. The zero-order valence-electron chi connectivity index (χ0n) is 8.33. The van der Waals surface area contributed by atoms with Crippen molar-refractivity contribution in [2.75, 3.05) is 6.54 Å². The molecule has 1 unspecified atom stereocenters. The lowest BCUT2D eigenvalue weighted by molar-refractivity contribution is 0.170. The molecule has 0 aromatic heterocycles. The summed E-state index contributed by atoms with van der Waals surface area (Å²) in [6.45, 7) is 2.35. The third kappa shape index (κ3) is 2.79. The molecule has 0 amide bonds. The molecule has 1 aromatic carbocycles. The lowest BCUT2D eigenvalue weighted by atomic mass is 10.0. The number of aliphatic hydroxyl groups excluding tert-OH is 1. The predicted octanol–water partition coefficient (Wildman–Crippen LogP) is 1.77. The minimum absolute atomic E-state index is 0.296. The van der Waals surface area contributed by atoms with Crippen LogP contribution in [0.2, 0.25) is 0 Å². The molecule has 0 radical (unpaired) electrons. The summed E-state index contributed by atoms with van der Waals surface area (Å²) in [4.78, 5) is 0. The van der Waals surface area contributed by atoms with Crippen LogP contribution < -0.4 is 5.73 Å². The summed E-state index contributed by atoms with van der Waals surface area (Å²) in [5, 5.41) is 9.62. The van der Waals surface area contributed by atoms with E-state index in [4.69, 9.17) is 5.73 Å². The van der Waals surface area contributed by atoms with Crippen molar-refractivity contribution in [1.29, 1.82) is 0 Å². The average molecular weight is 197 g/mol. The Morgan fingerprint density at radius 1 is 1.43 bits per heavy atom. The van der Waals surface area contributed by atoms with Gasteiger partial charge >= 0.3 is 0 Å². The van der Waals surface area contributed by atoms with E-state index in [9.17, 15) is 9.50 Å². The van der Waals surface area contributed by atoms with Gasteiger partial charge in [0.25, 0.3) is 0 Å². The second-order valence-corrected chi connectivity index (χ2v) is 3.34. The zero-order valence-corrected chi connectivity index (χ0v) is 8.33. The lowest BCUT2D eigenvalue weighted by Crippen LogP contribution is -2.07. The van der Waals surface area contributed by atoms with Gasteiger partial charge in [0.15, 0.2) is 0 Å². The Kier molecular flexibility index (Phi) is 4.04. The molecular formula is C11H16FNO. The van der Waals surface area contributed by atoms with E-state index in [0.29, 0.717) is 18.5 Å².